The summed E-state index contributed by atoms with van der Waals surface area (Å²) in [5.41, 5.74) is 0. The second-order valence-electron chi connectivity index (χ2n) is 3.80. The van der Waals surface area contributed by atoms with Crippen molar-refractivity contribution < 1.29 is 24.2 Å². The average molecular weight is 198 g/mol. The zero-order chi connectivity index (χ0) is 10.3. The molecule has 2 rings (SSSR count). The molecule has 1 saturated heterocycles. The third-order valence-electron chi connectivity index (χ3n) is 3.01. The van der Waals surface area contributed by atoms with Gasteiger partial charge in [-0.25, -0.2) is 0 Å². The van der Waals surface area contributed by atoms with Gasteiger partial charge in [-0.3, -0.25) is 14.4 Å². The van der Waals surface area contributed by atoms with Gasteiger partial charge >= 0.3 is 17.9 Å². The van der Waals surface area contributed by atoms with Gasteiger partial charge in [-0.1, -0.05) is 0 Å². The van der Waals surface area contributed by atoms with Crippen LogP contribution in [0.4, 0.5) is 0 Å². The van der Waals surface area contributed by atoms with Crippen LogP contribution in [0.2, 0.25) is 0 Å². The van der Waals surface area contributed by atoms with Crippen molar-refractivity contribution in [3.05, 3.63) is 0 Å². The second-order valence-corrected chi connectivity index (χ2v) is 3.80. The molecule has 1 saturated carbocycles. The number of hydrogen-bond acceptors (Lipinski definition) is 4. The summed E-state index contributed by atoms with van der Waals surface area (Å²) in [5, 5.41) is 8.77. The maximum Gasteiger partial charge on any atom is 0.317 e. The molecule has 1 heterocycles. The van der Waals surface area contributed by atoms with E-state index in [4.69, 9.17) is 5.11 Å². The Kier molecular flexibility index (Phi) is 2.02. The summed E-state index contributed by atoms with van der Waals surface area (Å²) in [5.74, 6) is -3.34. The van der Waals surface area contributed by atoms with E-state index in [2.05, 4.69) is 4.74 Å². The van der Waals surface area contributed by atoms with E-state index in [1.54, 1.807) is 0 Å². The van der Waals surface area contributed by atoms with Crippen molar-refractivity contribution in [2.75, 3.05) is 0 Å². The minimum absolute atomic E-state index is 0.241. The molecular weight excluding hydrogens is 188 g/mol. The van der Waals surface area contributed by atoms with Crippen LogP contribution in [0.1, 0.15) is 19.3 Å². The van der Waals surface area contributed by atoms with Crippen LogP contribution in [0.25, 0.3) is 0 Å². The molecule has 1 aliphatic heterocycles. The number of esters is 2. The number of fused-ring (bicyclic) bond motifs is 1. The van der Waals surface area contributed by atoms with Gasteiger partial charge in [-0.15, -0.1) is 0 Å². The zero-order valence-corrected chi connectivity index (χ0v) is 7.43. The molecule has 1 N–H and O–H groups in total. The highest BCUT2D eigenvalue weighted by Crippen LogP contribution is 2.39. The lowest BCUT2D eigenvalue weighted by Gasteiger charge is -2.24. The van der Waals surface area contributed by atoms with E-state index >= 15 is 0 Å². The van der Waals surface area contributed by atoms with E-state index < -0.39 is 35.7 Å². The van der Waals surface area contributed by atoms with Crippen molar-refractivity contribution in [1.29, 1.82) is 0 Å². The molecular formula is C9H10O5. The fraction of sp³-hybridized carbons (Fsp3) is 0.667. The predicted octanol–water partition coefficient (Wildman–Crippen LogP) is 0.187. The lowest BCUT2D eigenvalue weighted by atomic mass is 9.75. The largest absolute Gasteiger partial charge is 0.481 e. The lowest BCUT2D eigenvalue weighted by molar-refractivity contribution is -0.153. The Balaban J connectivity index is 2.13. The van der Waals surface area contributed by atoms with Crippen molar-refractivity contribution in [1.82, 2.24) is 0 Å². The highest BCUT2D eigenvalue weighted by Gasteiger charge is 2.48. The Hall–Kier alpha value is -1.39. The van der Waals surface area contributed by atoms with Crippen LogP contribution in [0, 0.1) is 17.8 Å². The summed E-state index contributed by atoms with van der Waals surface area (Å²) in [4.78, 5) is 33.0. The van der Waals surface area contributed by atoms with E-state index in [0.717, 1.165) is 0 Å². The van der Waals surface area contributed by atoms with E-state index in [-0.39, 0.29) is 6.42 Å². The molecule has 3 atom stereocenters. The van der Waals surface area contributed by atoms with E-state index in [0.29, 0.717) is 12.8 Å². The molecule has 1 unspecified atom stereocenters. The highest BCUT2D eigenvalue weighted by molar-refractivity contribution is 5.96. The van der Waals surface area contributed by atoms with Crippen LogP contribution in [0.15, 0.2) is 0 Å². The summed E-state index contributed by atoms with van der Waals surface area (Å²) in [7, 11) is 0. The molecule has 0 aromatic heterocycles. The number of hydrogen-bond donors (Lipinski definition) is 1. The Morgan fingerprint density at radius 1 is 1.21 bits per heavy atom. The summed E-state index contributed by atoms with van der Waals surface area (Å²) in [6.07, 6.45) is 1.15. The van der Waals surface area contributed by atoms with Gasteiger partial charge in [-0.05, 0) is 19.3 Å². The van der Waals surface area contributed by atoms with Crippen LogP contribution in [0.5, 0.6) is 0 Å². The van der Waals surface area contributed by atoms with Gasteiger partial charge in [-0.2, -0.15) is 0 Å². The first kappa shape index (κ1) is 9.18. The Labute approximate surface area is 80.0 Å². The number of carbonyl (C=O) groups is 3. The molecule has 0 aromatic rings. The van der Waals surface area contributed by atoms with Gasteiger partial charge < -0.3 is 9.84 Å². The summed E-state index contributed by atoms with van der Waals surface area (Å²) in [6, 6.07) is 0. The van der Waals surface area contributed by atoms with Crippen LogP contribution in [-0.4, -0.2) is 23.0 Å². The zero-order valence-electron chi connectivity index (χ0n) is 7.43. The molecule has 2 aliphatic rings. The topological polar surface area (TPSA) is 80.7 Å². The summed E-state index contributed by atoms with van der Waals surface area (Å²) >= 11 is 0. The molecule has 76 valence electrons. The van der Waals surface area contributed by atoms with Gasteiger partial charge in [0.05, 0.1) is 17.8 Å². The number of rotatable bonds is 1. The van der Waals surface area contributed by atoms with E-state index in [1.807, 2.05) is 0 Å². The number of carboxylic acids is 1. The Morgan fingerprint density at radius 2 is 1.86 bits per heavy atom. The predicted molar refractivity (Wildman–Crippen MR) is 43.1 cm³/mol. The highest BCUT2D eigenvalue weighted by atomic mass is 16.6. The Morgan fingerprint density at radius 3 is 2.50 bits per heavy atom. The molecule has 0 amide bonds. The molecule has 5 nitrogen and oxygen atoms in total. The monoisotopic (exact) mass is 198 g/mol. The summed E-state index contributed by atoms with van der Waals surface area (Å²) in [6.45, 7) is 0. The van der Waals surface area contributed by atoms with Crippen molar-refractivity contribution in [3.8, 4) is 0 Å². The van der Waals surface area contributed by atoms with Crippen molar-refractivity contribution in [3.63, 3.8) is 0 Å². The number of cyclic esters (lactones) is 2. The summed E-state index contributed by atoms with van der Waals surface area (Å²) < 4.78 is 4.47. The molecule has 0 bridgehead atoms. The van der Waals surface area contributed by atoms with Crippen molar-refractivity contribution in [2.45, 2.75) is 19.3 Å². The number of ether oxygens (including phenoxy) is 1. The molecule has 5 heteroatoms. The fourth-order valence-corrected chi connectivity index (χ4v) is 2.19. The molecule has 1 aliphatic carbocycles. The number of carboxylic acid groups (broad SMARTS) is 1. The quantitative estimate of drug-likeness (QED) is 0.480. The van der Waals surface area contributed by atoms with Crippen LogP contribution < -0.4 is 0 Å². The van der Waals surface area contributed by atoms with Gasteiger partial charge in [0.25, 0.3) is 0 Å². The first-order valence-electron chi connectivity index (χ1n) is 4.58. The SMILES string of the molecule is O=C(O)C1CC[C@@H]2C(=O)OC(=O)[C@@H]2C1. The van der Waals surface area contributed by atoms with E-state index in [1.165, 1.54) is 0 Å². The van der Waals surface area contributed by atoms with E-state index in [9.17, 15) is 14.4 Å². The molecule has 14 heavy (non-hydrogen) atoms. The number of carbonyl (C=O) groups excluding carboxylic acids is 2. The van der Waals surface area contributed by atoms with Gasteiger partial charge in [0, 0.05) is 0 Å². The first-order chi connectivity index (χ1) is 6.59. The maximum absolute atomic E-state index is 11.2. The van der Waals surface area contributed by atoms with Crippen LogP contribution in [0.3, 0.4) is 0 Å². The molecule has 0 radical (unpaired) electrons. The average Bonchev–Trinajstić information content (AvgIpc) is 2.42. The van der Waals surface area contributed by atoms with Gasteiger partial charge in [0.2, 0.25) is 0 Å². The minimum atomic E-state index is -0.893. The first-order valence-corrected chi connectivity index (χ1v) is 4.58. The normalized spacial score (nSPS) is 36.4. The third-order valence-corrected chi connectivity index (χ3v) is 3.01. The molecule has 0 spiro atoms. The second kappa shape index (κ2) is 3.08. The Bertz CT molecular complexity index is 308. The van der Waals surface area contributed by atoms with Gasteiger partial charge in [0.15, 0.2) is 0 Å². The van der Waals surface area contributed by atoms with Crippen LogP contribution >= 0.6 is 0 Å². The fourth-order valence-electron chi connectivity index (χ4n) is 2.19. The third kappa shape index (κ3) is 1.29. The lowest BCUT2D eigenvalue weighted by Crippen LogP contribution is -2.30. The van der Waals surface area contributed by atoms with Crippen LogP contribution in [-0.2, 0) is 19.1 Å². The number of aliphatic carboxylic acids is 1. The van der Waals surface area contributed by atoms with Crippen molar-refractivity contribution in [2.24, 2.45) is 17.8 Å². The molecule has 0 aromatic carbocycles. The van der Waals surface area contributed by atoms with Crippen molar-refractivity contribution >= 4 is 17.9 Å². The van der Waals surface area contributed by atoms with Gasteiger partial charge in [0.1, 0.15) is 0 Å². The minimum Gasteiger partial charge on any atom is -0.481 e. The standard InChI is InChI=1S/C9H10O5/c10-7(11)4-1-2-5-6(3-4)9(13)14-8(5)12/h4-6H,1-3H2,(H,10,11)/t4?,5-,6+/m0/s1. The smallest absolute Gasteiger partial charge is 0.317 e. The maximum atomic E-state index is 11.2. The molecule has 2 fully saturated rings.